The zero-order chi connectivity index (χ0) is 13.7. The smallest absolute Gasteiger partial charge is 0.290 e. The van der Waals surface area contributed by atoms with Crippen molar-refractivity contribution in [3.8, 4) is 0 Å². The van der Waals surface area contributed by atoms with Gasteiger partial charge in [0.2, 0.25) is 0 Å². The lowest BCUT2D eigenvalue weighted by atomic mass is 10.2. The van der Waals surface area contributed by atoms with E-state index < -0.39 is 0 Å². The highest BCUT2D eigenvalue weighted by atomic mass is 32.1. The summed E-state index contributed by atoms with van der Waals surface area (Å²) in [6, 6.07) is 7.77. The van der Waals surface area contributed by atoms with Crippen LogP contribution < -0.4 is 5.73 Å². The van der Waals surface area contributed by atoms with Gasteiger partial charge in [-0.25, -0.2) is 0 Å². The Morgan fingerprint density at radius 3 is 2.89 bits per heavy atom. The second-order valence-corrected chi connectivity index (χ2v) is 4.83. The standard InChI is InChI=1S/C12H10N2OS.CH2O2/c13-10-3-4-14-11-7-9(16-12(10)11)6-8-2-1-5-15-8;2-1-3/h1-5,7H,6H2,(H2,13,14);1H,(H,2,3). The van der Waals surface area contributed by atoms with Gasteiger partial charge in [-0.3, -0.25) is 9.78 Å². The van der Waals surface area contributed by atoms with E-state index in [1.165, 1.54) is 4.88 Å². The van der Waals surface area contributed by atoms with Gasteiger partial charge in [-0.15, -0.1) is 11.3 Å². The highest BCUT2D eigenvalue weighted by Gasteiger charge is 2.07. The SMILES string of the molecule is Nc1ccnc2cc(Cc3ccco3)sc12.O=CO. The zero-order valence-corrected chi connectivity index (χ0v) is 10.8. The first kappa shape index (κ1) is 13.1. The number of rotatable bonds is 2. The van der Waals surface area contributed by atoms with Gasteiger partial charge >= 0.3 is 0 Å². The van der Waals surface area contributed by atoms with Crippen LogP contribution in [-0.2, 0) is 11.2 Å². The average Bonchev–Trinajstić information content (AvgIpc) is 3.00. The molecule has 0 aliphatic heterocycles. The molecule has 19 heavy (non-hydrogen) atoms. The number of nitrogens with two attached hydrogens (primary N) is 1. The largest absolute Gasteiger partial charge is 0.483 e. The molecule has 3 aromatic rings. The lowest BCUT2D eigenvalue weighted by Gasteiger charge is -1.92. The minimum absolute atomic E-state index is 0.250. The molecule has 3 N–H and O–H groups in total. The molecule has 6 heteroatoms. The molecule has 0 aliphatic carbocycles. The van der Waals surface area contributed by atoms with Crippen LogP contribution in [0.5, 0.6) is 0 Å². The fraction of sp³-hybridized carbons (Fsp3) is 0.0769. The predicted molar refractivity (Wildman–Crippen MR) is 74.2 cm³/mol. The molecule has 3 rings (SSSR count). The van der Waals surface area contributed by atoms with Crippen LogP contribution in [0.15, 0.2) is 41.1 Å². The molecule has 0 bridgehead atoms. The normalized spacial score (nSPS) is 9.89. The van der Waals surface area contributed by atoms with E-state index in [0.717, 1.165) is 28.1 Å². The number of nitrogen functional groups attached to an aromatic ring is 1. The number of hydrogen-bond donors (Lipinski definition) is 2. The Bertz CT molecular complexity index is 662. The highest BCUT2D eigenvalue weighted by Crippen LogP contribution is 2.30. The summed E-state index contributed by atoms with van der Waals surface area (Å²) in [4.78, 5) is 13.9. The summed E-state index contributed by atoms with van der Waals surface area (Å²) in [6.07, 6.45) is 4.23. The van der Waals surface area contributed by atoms with Gasteiger partial charge in [-0.05, 0) is 24.3 Å². The summed E-state index contributed by atoms with van der Waals surface area (Å²) < 4.78 is 6.38. The summed E-state index contributed by atoms with van der Waals surface area (Å²) >= 11 is 1.67. The maximum atomic E-state index is 8.36. The maximum absolute atomic E-state index is 8.36. The maximum Gasteiger partial charge on any atom is 0.290 e. The fourth-order valence-electron chi connectivity index (χ4n) is 1.68. The van der Waals surface area contributed by atoms with E-state index in [9.17, 15) is 0 Å². The Labute approximate surface area is 113 Å². The first-order chi connectivity index (χ1) is 9.24. The van der Waals surface area contributed by atoms with Crippen molar-refractivity contribution < 1.29 is 14.3 Å². The molecular weight excluding hydrogens is 264 g/mol. The van der Waals surface area contributed by atoms with Crippen molar-refractivity contribution in [2.24, 2.45) is 0 Å². The molecule has 3 heterocycles. The van der Waals surface area contributed by atoms with Crippen LogP contribution in [-0.4, -0.2) is 16.6 Å². The molecular formula is C13H12N2O3S. The molecule has 0 saturated carbocycles. The van der Waals surface area contributed by atoms with Crippen LogP contribution in [0, 0.1) is 0 Å². The first-order valence-corrected chi connectivity index (χ1v) is 6.29. The van der Waals surface area contributed by atoms with Crippen LogP contribution in [0.3, 0.4) is 0 Å². The van der Waals surface area contributed by atoms with E-state index in [1.807, 2.05) is 18.2 Å². The highest BCUT2D eigenvalue weighted by molar-refractivity contribution is 7.19. The van der Waals surface area contributed by atoms with Crippen molar-refractivity contribution in [3.63, 3.8) is 0 Å². The van der Waals surface area contributed by atoms with Gasteiger partial charge < -0.3 is 15.3 Å². The van der Waals surface area contributed by atoms with E-state index in [1.54, 1.807) is 23.8 Å². The van der Waals surface area contributed by atoms with E-state index in [-0.39, 0.29) is 6.47 Å². The molecule has 0 aliphatic rings. The summed E-state index contributed by atoms with van der Waals surface area (Å²) in [5.41, 5.74) is 7.65. The number of thiophene rings is 1. The van der Waals surface area contributed by atoms with Crippen molar-refractivity contribution in [3.05, 3.63) is 47.4 Å². The molecule has 0 fully saturated rings. The van der Waals surface area contributed by atoms with Crippen molar-refractivity contribution in [2.75, 3.05) is 5.73 Å². The summed E-state index contributed by atoms with van der Waals surface area (Å²) in [5.74, 6) is 0.963. The third-order valence-corrected chi connectivity index (χ3v) is 3.60. The van der Waals surface area contributed by atoms with Crippen LogP contribution in [0.25, 0.3) is 10.2 Å². The molecule has 0 saturated heterocycles. The van der Waals surface area contributed by atoms with Gasteiger partial charge in [-0.2, -0.15) is 0 Å². The third kappa shape index (κ3) is 3.11. The minimum Gasteiger partial charge on any atom is -0.483 e. The number of aromatic nitrogens is 1. The van der Waals surface area contributed by atoms with Crippen molar-refractivity contribution >= 4 is 33.7 Å². The van der Waals surface area contributed by atoms with E-state index >= 15 is 0 Å². The second-order valence-electron chi connectivity index (χ2n) is 3.69. The van der Waals surface area contributed by atoms with Crippen LogP contribution in [0.4, 0.5) is 5.69 Å². The number of anilines is 1. The minimum atomic E-state index is -0.250. The quantitative estimate of drug-likeness (QED) is 0.702. The van der Waals surface area contributed by atoms with Gasteiger partial charge in [-0.1, -0.05) is 0 Å². The molecule has 5 nitrogen and oxygen atoms in total. The number of fused-ring (bicyclic) bond motifs is 1. The first-order valence-electron chi connectivity index (χ1n) is 5.47. The Morgan fingerprint density at radius 2 is 2.26 bits per heavy atom. The molecule has 0 unspecified atom stereocenters. The number of carbonyl (C=O) groups is 1. The predicted octanol–water partition coefficient (Wildman–Crippen LogP) is 2.76. The van der Waals surface area contributed by atoms with Crippen molar-refractivity contribution in [1.82, 2.24) is 4.98 Å². The summed E-state index contributed by atoms with van der Waals surface area (Å²) in [6.45, 7) is -0.250. The zero-order valence-electron chi connectivity index (χ0n) is 9.95. The topological polar surface area (TPSA) is 89.4 Å². The number of furan rings is 1. The fourth-order valence-corrected chi connectivity index (χ4v) is 2.73. The van der Waals surface area contributed by atoms with Gasteiger partial charge in [0.25, 0.3) is 6.47 Å². The van der Waals surface area contributed by atoms with Crippen LogP contribution in [0.1, 0.15) is 10.6 Å². The number of carboxylic acid groups (broad SMARTS) is 1. The number of pyridine rings is 1. The van der Waals surface area contributed by atoms with Gasteiger partial charge in [0.15, 0.2) is 0 Å². The molecule has 0 amide bonds. The molecule has 0 atom stereocenters. The third-order valence-electron chi connectivity index (χ3n) is 2.42. The average molecular weight is 276 g/mol. The van der Waals surface area contributed by atoms with Crippen LogP contribution in [0.2, 0.25) is 0 Å². The number of nitrogens with zero attached hydrogens (tertiary/aromatic N) is 1. The number of hydrogen-bond acceptors (Lipinski definition) is 5. The van der Waals surface area contributed by atoms with Gasteiger partial charge in [0.1, 0.15) is 5.76 Å². The molecule has 3 aromatic heterocycles. The second kappa shape index (κ2) is 6.01. The van der Waals surface area contributed by atoms with Gasteiger partial charge in [0.05, 0.1) is 22.2 Å². The lowest BCUT2D eigenvalue weighted by Crippen LogP contribution is -1.83. The lowest BCUT2D eigenvalue weighted by molar-refractivity contribution is -0.122. The molecule has 0 aromatic carbocycles. The van der Waals surface area contributed by atoms with Crippen molar-refractivity contribution in [2.45, 2.75) is 6.42 Å². The summed E-state index contributed by atoms with van der Waals surface area (Å²) in [5, 5.41) is 6.89. The Morgan fingerprint density at radius 1 is 1.47 bits per heavy atom. The van der Waals surface area contributed by atoms with Gasteiger partial charge in [0, 0.05) is 17.5 Å². The molecule has 0 radical (unpaired) electrons. The Balaban J connectivity index is 0.000000408. The van der Waals surface area contributed by atoms with E-state index in [0.29, 0.717) is 0 Å². The Hall–Kier alpha value is -2.34. The molecule has 0 spiro atoms. The van der Waals surface area contributed by atoms with E-state index in [2.05, 4.69) is 11.1 Å². The molecule has 98 valence electrons. The monoisotopic (exact) mass is 276 g/mol. The van der Waals surface area contributed by atoms with E-state index in [4.69, 9.17) is 20.1 Å². The van der Waals surface area contributed by atoms with Crippen molar-refractivity contribution in [1.29, 1.82) is 0 Å². The Kier molecular flexibility index (Phi) is 4.15. The van der Waals surface area contributed by atoms with Crippen LogP contribution >= 0.6 is 11.3 Å². The summed E-state index contributed by atoms with van der Waals surface area (Å²) in [7, 11) is 0.